The third-order valence-electron chi connectivity index (χ3n) is 1.77. The molecule has 2 rings (SSSR count). The van der Waals surface area contributed by atoms with Gasteiger partial charge in [-0.2, -0.15) is 0 Å². The highest BCUT2D eigenvalue weighted by atomic mass is 79.9. The molecule has 0 aromatic carbocycles. The van der Waals surface area contributed by atoms with Gasteiger partial charge in [0.15, 0.2) is 5.13 Å². The van der Waals surface area contributed by atoms with Crippen LogP contribution in [0.1, 0.15) is 12.8 Å². The van der Waals surface area contributed by atoms with Gasteiger partial charge in [-0.25, -0.2) is 4.98 Å². The Labute approximate surface area is 82.5 Å². The molecule has 3 nitrogen and oxygen atoms in total. The van der Waals surface area contributed by atoms with Gasteiger partial charge in [0.25, 0.3) is 0 Å². The number of carbonyl (C=O) groups is 1. The Bertz CT molecular complexity index is 312. The minimum absolute atomic E-state index is 0.192. The second kappa shape index (κ2) is 3.14. The predicted octanol–water partition coefficient (Wildman–Crippen LogP) is 2.03. The molecular formula is C7H7BrN2OS. The molecule has 0 atom stereocenters. The van der Waals surface area contributed by atoms with E-state index >= 15 is 0 Å². The molecular weight excluding hydrogens is 240 g/mol. The van der Waals surface area contributed by atoms with Crippen molar-refractivity contribution in [2.45, 2.75) is 12.8 Å². The fourth-order valence-corrected chi connectivity index (χ4v) is 2.51. The third kappa shape index (κ3) is 1.38. The van der Waals surface area contributed by atoms with Gasteiger partial charge in [-0.15, -0.1) is 11.3 Å². The standard InChI is InChI=1S/C7H7BrN2OS/c8-5-4-12-7(9-5)10-3-1-2-6(10)11/h4H,1-3H2. The maximum absolute atomic E-state index is 11.3. The van der Waals surface area contributed by atoms with Gasteiger partial charge in [0.05, 0.1) is 0 Å². The van der Waals surface area contributed by atoms with Crippen molar-refractivity contribution in [3.05, 3.63) is 9.98 Å². The minimum Gasteiger partial charge on any atom is -0.288 e. The zero-order valence-electron chi connectivity index (χ0n) is 6.29. The van der Waals surface area contributed by atoms with E-state index in [1.165, 1.54) is 11.3 Å². The van der Waals surface area contributed by atoms with Gasteiger partial charge >= 0.3 is 0 Å². The molecule has 0 unspecified atom stereocenters. The molecule has 0 spiro atoms. The summed E-state index contributed by atoms with van der Waals surface area (Å²) in [6, 6.07) is 0. The first-order valence-corrected chi connectivity index (χ1v) is 5.36. The Balaban J connectivity index is 2.24. The van der Waals surface area contributed by atoms with Gasteiger partial charge in [0, 0.05) is 18.3 Å². The first-order chi connectivity index (χ1) is 5.77. The zero-order valence-corrected chi connectivity index (χ0v) is 8.69. The van der Waals surface area contributed by atoms with Crippen molar-refractivity contribution in [1.82, 2.24) is 4.98 Å². The van der Waals surface area contributed by atoms with Crippen LogP contribution in [0.3, 0.4) is 0 Å². The highest BCUT2D eigenvalue weighted by molar-refractivity contribution is 9.10. The van der Waals surface area contributed by atoms with E-state index in [1.54, 1.807) is 4.90 Å². The fraction of sp³-hybridized carbons (Fsp3) is 0.429. The van der Waals surface area contributed by atoms with Crippen molar-refractivity contribution in [3.63, 3.8) is 0 Å². The molecule has 1 aliphatic rings. The molecule has 0 saturated carbocycles. The predicted molar refractivity (Wildman–Crippen MR) is 51.4 cm³/mol. The molecule has 0 bridgehead atoms. The lowest BCUT2D eigenvalue weighted by atomic mass is 10.4. The molecule has 5 heteroatoms. The molecule has 1 aromatic rings. The Morgan fingerprint density at radius 1 is 1.67 bits per heavy atom. The summed E-state index contributed by atoms with van der Waals surface area (Å²) < 4.78 is 0.808. The number of amides is 1. The average Bonchev–Trinajstić information content (AvgIpc) is 2.58. The summed E-state index contributed by atoms with van der Waals surface area (Å²) in [5.74, 6) is 0.192. The van der Waals surface area contributed by atoms with Crippen LogP contribution in [0.15, 0.2) is 9.98 Å². The summed E-state index contributed by atoms with van der Waals surface area (Å²) in [7, 11) is 0. The first kappa shape index (κ1) is 8.19. The summed E-state index contributed by atoms with van der Waals surface area (Å²) in [5, 5.41) is 2.70. The summed E-state index contributed by atoms with van der Waals surface area (Å²) in [6.45, 7) is 0.818. The lowest BCUT2D eigenvalue weighted by Gasteiger charge is -2.09. The van der Waals surface area contributed by atoms with Crippen LogP contribution < -0.4 is 4.90 Å². The van der Waals surface area contributed by atoms with Gasteiger partial charge < -0.3 is 0 Å². The number of carbonyl (C=O) groups excluding carboxylic acids is 1. The Hall–Kier alpha value is -0.420. The summed E-state index contributed by atoms with van der Waals surface area (Å²) in [4.78, 5) is 17.2. The molecule has 2 heterocycles. The van der Waals surface area contributed by atoms with E-state index in [0.717, 1.165) is 22.7 Å². The highest BCUT2D eigenvalue weighted by Gasteiger charge is 2.23. The van der Waals surface area contributed by atoms with Gasteiger partial charge in [-0.3, -0.25) is 9.69 Å². The van der Waals surface area contributed by atoms with Crippen LogP contribution in [0.2, 0.25) is 0 Å². The van der Waals surface area contributed by atoms with Gasteiger partial charge in [0.2, 0.25) is 5.91 Å². The van der Waals surface area contributed by atoms with Crippen molar-refractivity contribution < 1.29 is 4.79 Å². The number of anilines is 1. The number of hydrogen-bond acceptors (Lipinski definition) is 3. The average molecular weight is 247 g/mol. The van der Waals surface area contributed by atoms with Crippen molar-refractivity contribution >= 4 is 38.3 Å². The van der Waals surface area contributed by atoms with Crippen LogP contribution in [0.5, 0.6) is 0 Å². The van der Waals surface area contributed by atoms with Crippen molar-refractivity contribution in [3.8, 4) is 0 Å². The molecule has 1 amide bonds. The molecule has 64 valence electrons. The van der Waals surface area contributed by atoms with Gasteiger partial charge in [-0.1, -0.05) is 0 Å². The molecule has 0 aliphatic carbocycles. The van der Waals surface area contributed by atoms with E-state index in [2.05, 4.69) is 20.9 Å². The third-order valence-corrected chi connectivity index (χ3v) is 3.34. The first-order valence-electron chi connectivity index (χ1n) is 3.69. The minimum atomic E-state index is 0.192. The molecule has 12 heavy (non-hydrogen) atoms. The zero-order chi connectivity index (χ0) is 8.55. The van der Waals surface area contributed by atoms with Crippen LogP contribution in [0.25, 0.3) is 0 Å². The van der Waals surface area contributed by atoms with E-state index in [9.17, 15) is 4.79 Å². The van der Waals surface area contributed by atoms with E-state index in [4.69, 9.17) is 0 Å². The van der Waals surface area contributed by atoms with Crippen LogP contribution in [0.4, 0.5) is 5.13 Å². The topological polar surface area (TPSA) is 33.2 Å². The summed E-state index contributed by atoms with van der Waals surface area (Å²) in [5.41, 5.74) is 0. The van der Waals surface area contributed by atoms with E-state index < -0.39 is 0 Å². The van der Waals surface area contributed by atoms with Crippen LogP contribution in [0, 0.1) is 0 Å². The molecule has 1 fully saturated rings. The van der Waals surface area contributed by atoms with E-state index in [0.29, 0.717) is 6.42 Å². The van der Waals surface area contributed by atoms with E-state index in [1.807, 2.05) is 5.38 Å². The second-order valence-corrected chi connectivity index (χ2v) is 4.25. The largest absolute Gasteiger partial charge is 0.288 e. The Morgan fingerprint density at radius 3 is 3.00 bits per heavy atom. The summed E-state index contributed by atoms with van der Waals surface area (Å²) in [6.07, 6.45) is 1.62. The normalized spacial score (nSPS) is 17.4. The van der Waals surface area contributed by atoms with Crippen LogP contribution >= 0.6 is 27.3 Å². The maximum atomic E-state index is 11.3. The molecule has 1 aliphatic heterocycles. The van der Waals surface area contributed by atoms with Crippen LogP contribution in [-0.2, 0) is 4.79 Å². The van der Waals surface area contributed by atoms with Crippen molar-refractivity contribution in [2.75, 3.05) is 11.4 Å². The van der Waals surface area contributed by atoms with Gasteiger partial charge in [-0.05, 0) is 22.4 Å². The lowest BCUT2D eigenvalue weighted by Crippen LogP contribution is -2.23. The smallest absolute Gasteiger partial charge is 0.228 e. The molecule has 0 radical (unpaired) electrons. The van der Waals surface area contributed by atoms with Gasteiger partial charge in [0.1, 0.15) is 4.60 Å². The molecule has 1 saturated heterocycles. The van der Waals surface area contributed by atoms with E-state index in [-0.39, 0.29) is 5.91 Å². The Kier molecular flexibility index (Phi) is 2.14. The number of rotatable bonds is 1. The number of hydrogen-bond donors (Lipinski definition) is 0. The van der Waals surface area contributed by atoms with Crippen molar-refractivity contribution in [1.29, 1.82) is 0 Å². The number of aromatic nitrogens is 1. The Morgan fingerprint density at radius 2 is 2.50 bits per heavy atom. The second-order valence-electron chi connectivity index (χ2n) is 2.60. The summed E-state index contributed by atoms with van der Waals surface area (Å²) >= 11 is 4.76. The number of nitrogens with zero attached hydrogens (tertiary/aromatic N) is 2. The monoisotopic (exact) mass is 246 g/mol. The number of thiazole rings is 1. The highest BCUT2D eigenvalue weighted by Crippen LogP contribution is 2.26. The SMILES string of the molecule is O=C1CCCN1c1nc(Br)cs1. The lowest BCUT2D eigenvalue weighted by molar-refractivity contribution is -0.117. The molecule has 1 aromatic heterocycles. The molecule has 0 N–H and O–H groups in total. The maximum Gasteiger partial charge on any atom is 0.228 e. The van der Waals surface area contributed by atoms with Crippen molar-refractivity contribution in [2.24, 2.45) is 0 Å². The van der Waals surface area contributed by atoms with Crippen LogP contribution in [-0.4, -0.2) is 17.4 Å². The quantitative estimate of drug-likeness (QED) is 0.760. The fourth-order valence-electron chi connectivity index (χ4n) is 1.22. The number of halogens is 1.